The summed E-state index contributed by atoms with van der Waals surface area (Å²) < 4.78 is 45.8. The monoisotopic (exact) mass is 575 g/mol. The van der Waals surface area contributed by atoms with Gasteiger partial charge in [0.2, 0.25) is 0 Å². The number of hydrazone groups is 1. The van der Waals surface area contributed by atoms with Gasteiger partial charge in [-0.25, -0.2) is 4.79 Å². The number of carboxylic acids is 1. The molecule has 42 heavy (non-hydrogen) atoms. The summed E-state index contributed by atoms with van der Waals surface area (Å²) in [7, 11) is 0.984. The van der Waals surface area contributed by atoms with E-state index in [1.165, 1.54) is 41.3 Å². The highest BCUT2D eigenvalue weighted by Crippen LogP contribution is 2.43. The third-order valence-corrected chi connectivity index (χ3v) is 7.18. The number of aromatic hydroxyl groups is 1. The summed E-state index contributed by atoms with van der Waals surface area (Å²) in [6.07, 6.45) is -4.66. The molecule has 0 fully saturated rings. The molecule has 11 heteroatoms. The number of hydrogen-bond acceptors (Lipinski definition) is 6. The number of para-hydroxylation sites is 2. The summed E-state index contributed by atoms with van der Waals surface area (Å²) in [5, 5.41) is 24.5. The number of amides is 1. The van der Waals surface area contributed by atoms with Crippen LogP contribution in [0.15, 0.2) is 96.1 Å². The van der Waals surface area contributed by atoms with E-state index in [4.69, 9.17) is 4.74 Å². The van der Waals surface area contributed by atoms with Crippen LogP contribution in [0, 0.1) is 0 Å². The van der Waals surface area contributed by atoms with Gasteiger partial charge in [0.1, 0.15) is 5.75 Å². The summed E-state index contributed by atoms with van der Waals surface area (Å²) in [5.74, 6) is -1.85. The zero-order valence-corrected chi connectivity index (χ0v) is 22.3. The quantitative estimate of drug-likeness (QED) is 0.168. The molecular formula is C31H24F3N3O5. The SMILES string of the molecule is COC(C)(c1ccc(N2C(=O)C(=NNc3cccc(-c4cccc(C(=O)O)c4)c3O)c3ccccc32)cc1)C(F)(F)F. The Morgan fingerprint density at radius 2 is 1.60 bits per heavy atom. The first kappa shape index (κ1) is 28.4. The fourth-order valence-electron chi connectivity index (χ4n) is 4.69. The van der Waals surface area contributed by atoms with Crippen molar-refractivity contribution in [3.63, 3.8) is 0 Å². The third-order valence-electron chi connectivity index (χ3n) is 7.18. The molecule has 214 valence electrons. The Bertz CT molecular complexity index is 1720. The summed E-state index contributed by atoms with van der Waals surface area (Å²) in [6.45, 7) is 0.933. The second-order valence-corrected chi connectivity index (χ2v) is 9.60. The van der Waals surface area contributed by atoms with Gasteiger partial charge in [-0.3, -0.25) is 15.1 Å². The van der Waals surface area contributed by atoms with Crippen LogP contribution in [0.3, 0.4) is 0 Å². The Labute approximate surface area is 238 Å². The minimum absolute atomic E-state index is 0.0179. The van der Waals surface area contributed by atoms with E-state index in [0.29, 0.717) is 28.1 Å². The molecule has 4 aromatic rings. The van der Waals surface area contributed by atoms with E-state index in [1.807, 2.05) is 0 Å². The molecule has 0 spiro atoms. The Morgan fingerprint density at radius 3 is 2.26 bits per heavy atom. The van der Waals surface area contributed by atoms with E-state index in [2.05, 4.69) is 10.5 Å². The highest BCUT2D eigenvalue weighted by Gasteiger charge is 2.53. The molecule has 0 bridgehead atoms. The van der Waals surface area contributed by atoms with Crippen molar-refractivity contribution in [1.82, 2.24) is 0 Å². The standard InChI is InChI=1S/C31H24F3N3O5/c1-30(42-2,31(32,33)34)20-13-15-21(16-14-20)37-25-12-4-3-9-23(25)26(28(37)39)36-35-24-11-6-10-22(27(24)38)18-7-5-8-19(17-18)29(40)41/h3-17,35,38H,1-2H3,(H,40,41). The number of anilines is 3. The number of aromatic carboxylic acids is 1. The van der Waals surface area contributed by atoms with E-state index < -0.39 is 23.7 Å². The summed E-state index contributed by atoms with van der Waals surface area (Å²) in [5.41, 5.74) is 2.41. The van der Waals surface area contributed by atoms with Crippen LogP contribution >= 0.6 is 0 Å². The van der Waals surface area contributed by atoms with Crippen molar-refractivity contribution in [3.8, 4) is 16.9 Å². The Hall–Kier alpha value is -5.16. The van der Waals surface area contributed by atoms with Crippen LogP contribution in [0.1, 0.15) is 28.4 Å². The van der Waals surface area contributed by atoms with Crippen molar-refractivity contribution in [2.75, 3.05) is 17.4 Å². The Morgan fingerprint density at radius 1 is 0.929 bits per heavy atom. The molecule has 1 amide bonds. The van der Waals surface area contributed by atoms with Gasteiger partial charge in [0.25, 0.3) is 5.91 Å². The van der Waals surface area contributed by atoms with Crippen LogP contribution < -0.4 is 10.3 Å². The van der Waals surface area contributed by atoms with E-state index in [9.17, 15) is 33.0 Å². The Balaban J connectivity index is 1.47. The fraction of sp³-hybridized carbons (Fsp3) is 0.129. The number of nitrogens with zero attached hydrogens (tertiary/aromatic N) is 2. The van der Waals surface area contributed by atoms with Crippen molar-refractivity contribution in [1.29, 1.82) is 0 Å². The molecule has 0 saturated heterocycles. The summed E-state index contributed by atoms with van der Waals surface area (Å²) in [6, 6.07) is 23.0. The molecule has 5 rings (SSSR count). The molecule has 8 nitrogen and oxygen atoms in total. The van der Waals surface area contributed by atoms with Crippen LogP contribution in [-0.2, 0) is 15.1 Å². The highest BCUT2D eigenvalue weighted by molar-refractivity contribution is 6.55. The summed E-state index contributed by atoms with van der Waals surface area (Å²) >= 11 is 0. The van der Waals surface area contributed by atoms with Gasteiger partial charge in [0.15, 0.2) is 11.3 Å². The zero-order chi connectivity index (χ0) is 30.2. The van der Waals surface area contributed by atoms with Gasteiger partial charge >= 0.3 is 12.1 Å². The van der Waals surface area contributed by atoms with Crippen LogP contribution in [0.2, 0.25) is 0 Å². The van der Waals surface area contributed by atoms with Crippen LogP contribution in [0.5, 0.6) is 5.75 Å². The predicted octanol–water partition coefficient (Wildman–Crippen LogP) is 6.68. The van der Waals surface area contributed by atoms with Gasteiger partial charge in [-0.05, 0) is 54.4 Å². The second-order valence-electron chi connectivity index (χ2n) is 9.60. The number of halogens is 3. The molecule has 1 unspecified atom stereocenters. The van der Waals surface area contributed by atoms with E-state index in [0.717, 1.165) is 14.0 Å². The number of benzene rings is 4. The molecule has 4 aromatic carbocycles. The number of phenolic OH excluding ortho intramolecular Hbond substituents is 1. The van der Waals surface area contributed by atoms with Crippen LogP contribution in [0.25, 0.3) is 11.1 Å². The lowest BCUT2D eigenvalue weighted by Gasteiger charge is -2.31. The lowest BCUT2D eigenvalue weighted by molar-refractivity contribution is -0.269. The van der Waals surface area contributed by atoms with Crippen LogP contribution in [0.4, 0.5) is 30.2 Å². The number of fused-ring (bicyclic) bond motifs is 1. The maximum atomic E-state index is 13.7. The van der Waals surface area contributed by atoms with Crippen molar-refractivity contribution in [2.24, 2.45) is 5.10 Å². The van der Waals surface area contributed by atoms with Crippen LogP contribution in [-0.4, -0.2) is 41.1 Å². The number of carbonyl (C=O) groups is 2. The fourth-order valence-corrected chi connectivity index (χ4v) is 4.69. The van der Waals surface area contributed by atoms with Gasteiger partial charge in [0.05, 0.1) is 16.9 Å². The topological polar surface area (TPSA) is 111 Å². The molecule has 3 N–H and O–H groups in total. The van der Waals surface area contributed by atoms with Crippen molar-refractivity contribution in [3.05, 3.63) is 108 Å². The van der Waals surface area contributed by atoms with Gasteiger partial charge < -0.3 is 14.9 Å². The largest absolute Gasteiger partial charge is 0.505 e. The number of phenols is 1. The van der Waals surface area contributed by atoms with E-state index in [1.54, 1.807) is 54.6 Å². The van der Waals surface area contributed by atoms with Gasteiger partial charge in [-0.1, -0.05) is 54.6 Å². The highest BCUT2D eigenvalue weighted by atomic mass is 19.4. The lowest BCUT2D eigenvalue weighted by Crippen LogP contribution is -2.41. The maximum Gasteiger partial charge on any atom is 0.421 e. The first-order valence-corrected chi connectivity index (χ1v) is 12.6. The number of methoxy groups -OCH3 is 1. The number of hydrogen-bond donors (Lipinski definition) is 3. The third kappa shape index (κ3) is 4.83. The predicted molar refractivity (Wildman–Crippen MR) is 151 cm³/mol. The van der Waals surface area contributed by atoms with Gasteiger partial charge in [0, 0.05) is 23.9 Å². The minimum Gasteiger partial charge on any atom is -0.505 e. The van der Waals surface area contributed by atoms with Gasteiger partial charge in [-0.15, -0.1) is 0 Å². The van der Waals surface area contributed by atoms with E-state index in [-0.39, 0.29) is 28.3 Å². The molecule has 1 aliphatic rings. The van der Waals surface area contributed by atoms with Crippen molar-refractivity contribution in [2.45, 2.75) is 18.7 Å². The Kier molecular flexibility index (Phi) is 7.21. The van der Waals surface area contributed by atoms with Gasteiger partial charge in [-0.2, -0.15) is 18.3 Å². The molecule has 0 saturated carbocycles. The molecular weight excluding hydrogens is 551 g/mol. The first-order valence-electron chi connectivity index (χ1n) is 12.6. The number of alkyl halides is 3. The smallest absolute Gasteiger partial charge is 0.421 e. The van der Waals surface area contributed by atoms with E-state index >= 15 is 0 Å². The molecule has 0 aromatic heterocycles. The van der Waals surface area contributed by atoms with Crippen molar-refractivity contribution >= 4 is 34.7 Å². The lowest BCUT2D eigenvalue weighted by atomic mass is 9.94. The zero-order valence-electron chi connectivity index (χ0n) is 22.3. The number of carbonyl (C=O) groups excluding carboxylic acids is 1. The van der Waals surface area contributed by atoms with Crippen molar-refractivity contribution < 1.29 is 37.7 Å². The number of carboxylic acid groups (broad SMARTS) is 1. The molecule has 1 aliphatic heterocycles. The average Bonchev–Trinajstić information content (AvgIpc) is 3.26. The molecule has 1 heterocycles. The molecule has 0 radical (unpaired) electrons. The molecule has 1 atom stereocenters. The number of rotatable bonds is 7. The number of nitrogens with one attached hydrogen (secondary N) is 1. The minimum atomic E-state index is -4.66. The maximum absolute atomic E-state index is 13.7. The second kappa shape index (κ2) is 10.7. The first-order chi connectivity index (χ1) is 20.0. The normalized spacial score (nSPS) is 15.4. The summed E-state index contributed by atoms with van der Waals surface area (Å²) in [4.78, 5) is 26.3. The molecule has 0 aliphatic carbocycles. The average molecular weight is 576 g/mol. The number of ether oxygens (including phenoxy) is 1.